The van der Waals surface area contributed by atoms with E-state index in [2.05, 4.69) is 47.8 Å². The zero-order chi connectivity index (χ0) is 17.2. The van der Waals surface area contributed by atoms with E-state index >= 15 is 0 Å². The van der Waals surface area contributed by atoms with E-state index in [0.29, 0.717) is 6.54 Å². The van der Waals surface area contributed by atoms with Crippen molar-refractivity contribution >= 4 is 16.9 Å². The highest BCUT2D eigenvalue weighted by atomic mass is 16.6. The minimum absolute atomic E-state index is 0.111. The molecule has 2 aromatic carbocycles. The van der Waals surface area contributed by atoms with Gasteiger partial charge in [0, 0.05) is 19.6 Å². The van der Waals surface area contributed by atoms with Crippen LogP contribution in [-0.4, -0.2) is 42.3 Å². The third kappa shape index (κ3) is 3.88. The molecule has 1 N–H and O–H groups in total. The predicted octanol–water partition coefficient (Wildman–Crippen LogP) is 3.59. The van der Waals surface area contributed by atoms with Crippen molar-refractivity contribution < 1.29 is 9.53 Å². The van der Waals surface area contributed by atoms with Gasteiger partial charge in [-0.25, -0.2) is 4.79 Å². The Morgan fingerprint density at radius 3 is 2.75 bits per heavy atom. The summed E-state index contributed by atoms with van der Waals surface area (Å²) in [6.45, 7) is 8.02. The topological polar surface area (TPSA) is 41.6 Å². The van der Waals surface area contributed by atoms with Crippen LogP contribution in [0.25, 0.3) is 10.8 Å². The maximum absolute atomic E-state index is 12.6. The van der Waals surface area contributed by atoms with Gasteiger partial charge in [0.1, 0.15) is 5.60 Å². The zero-order valence-corrected chi connectivity index (χ0v) is 14.7. The predicted molar refractivity (Wildman–Crippen MR) is 97.2 cm³/mol. The second-order valence-electron chi connectivity index (χ2n) is 7.37. The van der Waals surface area contributed by atoms with Crippen molar-refractivity contribution in [1.82, 2.24) is 10.2 Å². The van der Waals surface area contributed by atoms with Crippen molar-refractivity contribution in [2.75, 3.05) is 19.6 Å². The first-order chi connectivity index (χ1) is 11.4. The first kappa shape index (κ1) is 16.8. The van der Waals surface area contributed by atoms with Gasteiger partial charge in [-0.1, -0.05) is 42.5 Å². The standard InChI is InChI=1S/C20H26N2O2/c1-20(2,3)24-19(23)22-12-11-21-14-17(22)13-16-9-6-8-15-7-4-5-10-18(15)16/h4-10,17,21H,11-14H2,1-3H3/t17-/m0/s1. The molecule has 1 amide bonds. The fraction of sp³-hybridized carbons (Fsp3) is 0.450. The second kappa shape index (κ2) is 6.81. The number of benzene rings is 2. The third-order valence-corrected chi connectivity index (χ3v) is 4.31. The van der Waals surface area contributed by atoms with Gasteiger partial charge in [0.05, 0.1) is 6.04 Å². The van der Waals surface area contributed by atoms with Gasteiger partial charge < -0.3 is 15.0 Å². The maximum atomic E-state index is 12.6. The molecule has 0 aromatic heterocycles. The van der Waals surface area contributed by atoms with Crippen molar-refractivity contribution in [2.45, 2.75) is 38.8 Å². The fourth-order valence-electron chi connectivity index (χ4n) is 3.23. The molecule has 24 heavy (non-hydrogen) atoms. The number of ether oxygens (including phenoxy) is 1. The smallest absolute Gasteiger partial charge is 0.410 e. The molecule has 1 saturated heterocycles. The number of rotatable bonds is 2. The molecule has 0 bridgehead atoms. The van der Waals surface area contributed by atoms with Crippen LogP contribution in [0.4, 0.5) is 4.79 Å². The number of amides is 1. The Hall–Kier alpha value is -2.07. The maximum Gasteiger partial charge on any atom is 0.410 e. The summed E-state index contributed by atoms with van der Waals surface area (Å²) >= 11 is 0. The summed E-state index contributed by atoms with van der Waals surface area (Å²) in [6.07, 6.45) is 0.613. The van der Waals surface area contributed by atoms with Crippen LogP contribution in [0, 0.1) is 0 Å². The Balaban J connectivity index is 1.82. The van der Waals surface area contributed by atoms with Crippen LogP contribution < -0.4 is 5.32 Å². The number of nitrogens with zero attached hydrogens (tertiary/aromatic N) is 1. The minimum atomic E-state index is -0.466. The van der Waals surface area contributed by atoms with Crippen molar-refractivity contribution in [3.63, 3.8) is 0 Å². The Bertz CT molecular complexity index is 716. The number of carbonyl (C=O) groups is 1. The number of hydrogen-bond donors (Lipinski definition) is 1. The lowest BCUT2D eigenvalue weighted by atomic mass is 9.97. The zero-order valence-electron chi connectivity index (χ0n) is 14.7. The van der Waals surface area contributed by atoms with Crippen LogP contribution in [0.1, 0.15) is 26.3 Å². The van der Waals surface area contributed by atoms with E-state index in [1.54, 1.807) is 0 Å². The number of carbonyl (C=O) groups excluding carboxylic acids is 1. The highest BCUT2D eigenvalue weighted by Gasteiger charge is 2.30. The highest BCUT2D eigenvalue weighted by Crippen LogP contribution is 2.22. The summed E-state index contributed by atoms with van der Waals surface area (Å²) in [7, 11) is 0. The van der Waals surface area contributed by atoms with Gasteiger partial charge in [-0.2, -0.15) is 0 Å². The Morgan fingerprint density at radius 1 is 1.21 bits per heavy atom. The third-order valence-electron chi connectivity index (χ3n) is 4.31. The van der Waals surface area contributed by atoms with E-state index in [9.17, 15) is 4.79 Å². The fourth-order valence-corrected chi connectivity index (χ4v) is 3.23. The molecular formula is C20H26N2O2. The number of hydrogen-bond acceptors (Lipinski definition) is 3. The van der Waals surface area contributed by atoms with Crippen molar-refractivity contribution in [2.24, 2.45) is 0 Å². The van der Waals surface area contributed by atoms with E-state index in [4.69, 9.17) is 4.74 Å². The first-order valence-corrected chi connectivity index (χ1v) is 8.61. The minimum Gasteiger partial charge on any atom is -0.444 e. The molecule has 0 saturated carbocycles. The molecular weight excluding hydrogens is 300 g/mol. The molecule has 128 valence electrons. The highest BCUT2D eigenvalue weighted by molar-refractivity contribution is 5.85. The van der Waals surface area contributed by atoms with Crippen LogP contribution in [-0.2, 0) is 11.2 Å². The van der Waals surface area contributed by atoms with Crippen molar-refractivity contribution in [3.05, 3.63) is 48.0 Å². The molecule has 2 aromatic rings. The van der Waals surface area contributed by atoms with Gasteiger partial charge in [-0.05, 0) is 43.5 Å². The number of nitrogens with one attached hydrogen (secondary N) is 1. The molecule has 1 aliphatic rings. The van der Waals surface area contributed by atoms with Gasteiger partial charge in [0.2, 0.25) is 0 Å². The number of piperazine rings is 1. The Labute approximate surface area is 143 Å². The monoisotopic (exact) mass is 326 g/mol. The summed E-state index contributed by atoms with van der Waals surface area (Å²) in [5, 5.41) is 5.90. The molecule has 3 rings (SSSR count). The molecule has 0 radical (unpaired) electrons. The van der Waals surface area contributed by atoms with Crippen LogP contribution in [0.3, 0.4) is 0 Å². The van der Waals surface area contributed by atoms with Crippen LogP contribution in [0.15, 0.2) is 42.5 Å². The van der Waals surface area contributed by atoms with E-state index < -0.39 is 5.60 Å². The van der Waals surface area contributed by atoms with Crippen LogP contribution in [0.2, 0.25) is 0 Å². The average Bonchev–Trinajstić information content (AvgIpc) is 2.54. The second-order valence-corrected chi connectivity index (χ2v) is 7.37. The summed E-state index contributed by atoms with van der Waals surface area (Å²) in [6, 6.07) is 14.9. The molecule has 1 atom stereocenters. The molecule has 0 unspecified atom stereocenters. The normalized spacial score (nSPS) is 18.6. The Morgan fingerprint density at radius 2 is 1.96 bits per heavy atom. The summed E-state index contributed by atoms with van der Waals surface area (Å²) in [4.78, 5) is 14.4. The quantitative estimate of drug-likeness (QED) is 0.917. The summed E-state index contributed by atoms with van der Waals surface area (Å²) in [5.41, 5.74) is 0.807. The lowest BCUT2D eigenvalue weighted by molar-refractivity contribution is 0.0122. The summed E-state index contributed by atoms with van der Waals surface area (Å²) < 4.78 is 5.59. The van der Waals surface area contributed by atoms with Crippen LogP contribution >= 0.6 is 0 Å². The van der Waals surface area contributed by atoms with E-state index in [1.807, 2.05) is 25.7 Å². The van der Waals surface area contributed by atoms with Gasteiger partial charge in [-0.15, -0.1) is 0 Å². The van der Waals surface area contributed by atoms with Crippen molar-refractivity contribution in [1.29, 1.82) is 0 Å². The molecule has 4 heteroatoms. The van der Waals surface area contributed by atoms with E-state index in [1.165, 1.54) is 16.3 Å². The molecule has 0 aliphatic carbocycles. The summed E-state index contributed by atoms with van der Waals surface area (Å²) in [5.74, 6) is 0. The largest absolute Gasteiger partial charge is 0.444 e. The molecule has 0 spiro atoms. The first-order valence-electron chi connectivity index (χ1n) is 8.61. The molecule has 1 heterocycles. The SMILES string of the molecule is CC(C)(C)OC(=O)N1CCNC[C@@H]1Cc1cccc2ccccc12. The lowest BCUT2D eigenvalue weighted by Gasteiger charge is -2.37. The van der Waals surface area contributed by atoms with E-state index in [0.717, 1.165) is 19.5 Å². The average molecular weight is 326 g/mol. The number of fused-ring (bicyclic) bond motifs is 1. The van der Waals surface area contributed by atoms with Gasteiger partial charge >= 0.3 is 6.09 Å². The van der Waals surface area contributed by atoms with Crippen LogP contribution in [0.5, 0.6) is 0 Å². The Kier molecular flexibility index (Phi) is 4.76. The molecule has 1 aliphatic heterocycles. The van der Waals surface area contributed by atoms with Crippen molar-refractivity contribution in [3.8, 4) is 0 Å². The lowest BCUT2D eigenvalue weighted by Crippen LogP contribution is -2.55. The van der Waals surface area contributed by atoms with Gasteiger partial charge in [-0.3, -0.25) is 0 Å². The van der Waals surface area contributed by atoms with E-state index in [-0.39, 0.29) is 12.1 Å². The van der Waals surface area contributed by atoms with Gasteiger partial charge in [0.15, 0.2) is 0 Å². The molecule has 1 fully saturated rings. The molecule has 4 nitrogen and oxygen atoms in total. The van der Waals surface area contributed by atoms with Gasteiger partial charge in [0.25, 0.3) is 0 Å².